The van der Waals surface area contributed by atoms with Crippen molar-refractivity contribution in [3.63, 3.8) is 0 Å². The Morgan fingerprint density at radius 3 is 1.55 bits per heavy atom. The molecule has 0 radical (unpaired) electrons. The van der Waals surface area contributed by atoms with Crippen LogP contribution in [0.4, 0.5) is 0 Å². The highest BCUT2D eigenvalue weighted by atomic mass is 16.3. The fraction of sp³-hybridized carbons (Fsp3) is 0.0189. The van der Waals surface area contributed by atoms with Crippen LogP contribution < -0.4 is 5.32 Å². The van der Waals surface area contributed by atoms with Gasteiger partial charge in [0, 0.05) is 50.0 Å². The maximum absolute atomic E-state index is 6.74. The summed E-state index contributed by atoms with van der Waals surface area (Å²) in [5.74, 6) is 1.56. The second-order valence-corrected chi connectivity index (χ2v) is 15.0. The van der Waals surface area contributed by atoms with Gasteiger partial charge >= 0.3 is 0 Å². The van der Waals surface area contributed by atoms with Crippen molar-refractivity contribution in [1.29, 1.82) is 0 Å². The fourth-order valence-electron chi connectivity index (χ4n) is 8.85. The summed E-state index contributed by atoms with van der Waals surface area (Å²) >= 11 is 0. The summed E-state index contributed by atoms with van der Waals surface area (Å²) in [6, 6.07) is 68.6. The van der Waals surface area contributed by atoms with Crippen LogP contribution in [0, 0.1) is 0 Å². The van der Waals surface area contributed by atoms with Gasteiger partial charge < -0.3 is 14.3 Å². The van der Waals surface area contributed by atoms with Gasteiger partial charge in [0.1, 0.15) is 22.8 Å². The van der Waals surface area contributed by atoms with Crippen LogP contribution in [0.3, 0.4) is 0 Å². The topological polar surface area (TPSA) is 54.8 Å². The van der Waals surface area contributed by atoms with E-state index in [-0.39, 0.29) is 0 Å². The Morgan fingerprint density at radius 1 is 0.414 bits per heavy atom. The zero-order valence-electron chi connectivity index (χ0n) is 31.3. The standard InChI is InChI=1S/C53H34N4O/c1-3-11-33(12-4-1)34-19-21-38(22-20-34)52-54-51(37-15-5-2-6-16-37)55-53(56-52)39-23-27-43-44-28-26-40(32-48(44)58-47(43)31-39)57-45-29-24-35-13-7-9-17-41(35)49(45)50-42-18-10-8-14-36(42)25-30-46(50)57/h1-32,53H,(H,54,55,56). The van der Waals surface area contributed by atoms with Gasteiger partial charge in [0.05, 0.1) is 11.0 Å². The lowest BCUT2D eigenvalue weighted by atomic mass is 10.00. The molecule has 272 valence electrons. The Labute approximate surface area is 333 Å². The van der Waals surface area contributed by atoms with E-state index in [2.05, 4.69) is 180 Å². The highest BCUT2D eigenvalue weighted by Crippen LogP contribution is 2.42. The number of fused-ring (bicyclic) bond motifs is 10. The number of aromatic nitrogens is 1. The molecule has 1 atom stereocenters. The predicted octanol–water partition coefficient (Wildman–Crippen LogP) is 13.2. The molecule has 5 heteroatoms. The van der Waals surface area contributed by atoms with E-state index in [1.807, 2.05) is 24.3 Å². The fourth-order valence-corrected chi connectivity index (χ4v) is 8.85. The maximum atomic E-state index is 6.74. The van der Waals surface area contributed by atoms with E-state index in [0.29, 0.717) is 0 Å². The van der Waals surface area contributed by atoms with Crippen molar-refractivity contribution in [3.8, 4) is 16.8 Å². The molecule has 0 saturated heterocycles. The first-order valence-electron chi connectivity index (χ1n) is 19.7. The monoisotopic (exact) mass is 742 g/mol. The maximum Gasteiger partial charge on any atom is 0.169 e. The van der Waals surface area contributed by atoms with Crippen molar-refractivity contribution in [2.24, 2.45) is 9.98 Å². The summed E-state index contributed by atoms with van der Waals surface area (Å²) in [6.07, 6.45) is -0.462. The van der Waals surface area contributed by atoms with Gasteiger partial charge in [0.2, 0.25) is 0 Å². The minimum absolute atomic E-state index is 0.462. The second kappa shape index (κ2) is 12.9. The summed E-state index contributed by atoms with van der Waals surface area (Å²) in [5, 5.41) is 13.2. The summed E-state index contributed by atoms with van der Waals surface area (Å²) < 4.78 is 9.13. The summed E-state index contributed by atoms with van der Waals surface area (Å²) in [4.78, 5) is 10.3. The molecular formula is C53H34N4O. The van der Waals surface area contributed by atoms with Crippen LogP contribution >= 0.6 is 0 Å². The molecule has 0 bridgehead atoms. The molecule has 11 aromatic rings. The second-order valence-electron chi connectivity index (χ2n) is 15.0. The van der Waals surface area contributed by atoms with Crippen molar-refractivity contribution in [2.75, 3.05) is 0 Å². The van der Waals surface area contributed by atoms with Gasteiger partial charge in [-0.15, -0.1) is 0 Å². The molecule has 0 saturated carbocycles. The van der Waals surface area contributed by atoms with Gasteiger partial charge in [-0.2, -0.15) is 0 Å². The van der Waals surface area contributed by atoms with Crippen molar-refractivity contribution in [3.05, 3.63) is 211 Å². The largest absolute Gasteiger partial charge is 0.456 e. The van der Waals surface area contributed by atoms with Crippen LogP contribution in [0.1, 0.15) is 22.9 Å². The highest BCUT2D eigenvalue weighted by molar-refractivity contribution is 6.28. The van der Waals surface area contributed by atoms with E-state index in [9.17, 15) is 0 Å². The van der Waals surface area contributed by atoms with Crippen molar-refractivity contribution in [2.45, 2.75) is 6.17 Å². The number of nitrogens with one attached hydrogen (secondary N) is 1. The SMILES string of the molecule is c1ccc(C2=NC(c3ccc4c(c3)oc3cc(-n5c6ccc7ccccc7c6c6c7ccccc7ccc65)ccc34)N=C(c3ccc(-c4ccccc4)cc3)N2)cc1. The van der Waals surface area contributed by atoms with Gasteiger partial charge in [0.15, 0.2) is 6.17 Å². The van der Waals surface area contributed by atoms with Gasteiger partial charge in [-0.1, -0.05) is 158 Å². The van der Waals surface area contributed by atoms with Crippen LogP contribution in [-0.2, 0) is 0 Å². The lowest BCUT2D eigenvalue weighted by molar-refractivity contribution is 0.665. The summed E-state index contributed by atoms with van der Waals surface area (Å²) in [5.41, 5.74) is 10.3. The molecule has 1 aliphatic rings. The van der Waals surface area contributed by atoms with E-state index in [1.54, 1.807) is 0 Å². The average molecular weight is 743 g/mol. The number of hydrogen-bond acceptors (Lipinski definition) is 4. The number of nitrogens with zero attached hydrogens (tertiary/aromatic N) is 3. The quantitative estimate of drug-likeness (QED) is 0.191. The molecule has 0 amide bonds. The lowest BCUT2D eigenvalue weighted by Gasteiger charge is -2.22. The van der Waals surface area contributed by atoms with Gasteiger partial charge in [-0.25, -0.2) is 9.98 Å². The molecule has 1 aliphatic heterocycles. The summed E-state index contributed by atoms with van der Waals surface area (Å²) in [6.45, 7) is 0. The van der Waals surface area contributed by atoms with Gasteiger partial charge in [-0.05, 0) is 63.0 Å². The lowest BCUT2D eigenvalue weighted by Crippen LogP contribution is -2.36. The predicted molar refractivity (Wildman–Crippen MR) is 240 cm³/mol. The first-order chi connectivity index (χ1) is 28.7. The number of hydrogen-bond donors (Lipinski definition) is 1. The molecule has 2 aromatic heterocycles. The number of aliphatic imine (C=N–C) groups is 2. The molecule has 58 heavy (non-hydrogen) atoms. The minimum atomic E-state index is -0.462. The molecule has 1 unspecified atom stereocenters. The number of amidine groups is 2. The number of rotatable bonds is 5. The van der Waals surface area contributed by atoms with Crippen LogP contribution in [-0.4, -0.2) is 16.2 Å². The molecular weight excluding hydrogens is 709 g/mol. The normalized spacial score (nSPS) is 14.4. The van der Waals surface area contributed by atoms with Crippen LogP contribution in [0.15, 0.2) is 209 Å². The molecule has 0 fully saturated rings. The third-order valence-corrected chi connectivity index (χ3v) is 11.6. The third-order valence-electron chi connectivity index (χ3n) is 11.6. The molecule has 1 N–H and O–H groups in total. The zero-order valence-corrected chi connectivity index (χ0v) is 31.3. The number of benzene rings is 9. The van der Waals surface area contributed by atoms with E-state index >= 15 is 0 Å². The molecule has 0 spiro atoms. The Morgan fingerprint density at radius 2 is 0.914 bits per heavy atom. The van der Waals surface area contributed by atoms with Crippen molar-refractivity contribution < 1.29 is 4.42 Å². The van der Waals surface area contributed by atoms with E-state index in [4.69, 9.17) is 14.4 Å². The zero-order chi connectivity index (χ0) is 38.2. The Hall–Kier alpha value is -7.76. The van der Waals surface area contributed by atoms with E-state index in [0.717, 1.165) is 61.6 Å². The number of furan rings is 1. The minimum Gasteiger partial charge on any atom is -0.456 e. The van der Waals surface area contributed by atoms with Crippen molar-refractivity contribution in [1.82, 2.24) is 9.88 Å². The Balaban J connectivity index is 0.977. The van der Waals surface area contributed by atoms with Crippen molar-refractivity contribution >= 4 is 77.0 Å². The molecule has 5 nitrogen and oxygen atoms in total. The molecule has 12 rings (SSSR count). The van der Waals surface area contributed by atoms with Gasteiger partial charge in [0.25, 0.3) is 0 Å². The first kappa shape index (κ1) is 32.5. The summed E-state index contributed by atoms with van der Waals surface area (Å²) in [7, 11) is 0. The smallest absolute Gasteiger partial charge is 0.169 e. The molecule has 9 aromatic carbocycles. The highest BCUT2D eigenvalue weighted by Gasteiger charge is 2.23. The first-order valence-corrected chi connectivity index (χ1v) is 19.7. The van der Waals surface area contributed by atoms with Crippen LogP contribution in [0.5, 0.6) is 0 Å². The van der Waals surface area contributed by atoms with Gasteiger partial charge in [-0.3, -0.25) is 0 Å². The third kappa shape index (κ3) is 5.17. The average Bonchev–Trinajstić information content (AvgIpc) is 3.85. The molecule has 3 heterocycles. The van der Waals surface area contributed by atoms with Crippen LogP contribution in [0.25, 0.3) is 82.1 Å². The van der Waals surface area contributed by atoms with Crippen LogP contribution in [0.2, 0.25) is 0 Å². The Bertz CT molecular complexity index is 3370. The Kier molecular flexibility index (Phi) is 7.23. The molecule has 0 aliphatic carbocycles. The van der Waals surface area contributed by atoms with E-state index < -0.39 is 6.17 Å². The van der Waals surface area contributed by atoms with E-state index in [1.165, 1.54) is 48.9 Å².